The van der Waals surface area contributed by atoms with E-state index in [2.05, 4.69) is 24.8 Å². The van der Waals surface area contributed by atoms with Crippen LogP contribution < -0.4 is 4.90 Å². The molecule has 0 saturated carbocycles. The molecule has 0 bridgehead atoms. The van der Waals surface area contributed by atoms with Gasteiger partial charge in [-0.3, -0.25) is 14.6 Å². The third-order valence-electron chi connectivity index (χ3n) is 5.49. The van der Waals surface area contributed by atoms with E-state index in [4.69, 9.17) is 4.52 Å². The van der Waals surface area contributed by atoms with Crippen LogP contribution in [-0.2, 0) is 11.3 Å². The Labute approximate surface area is 165 Å². The minimum absolute atomic E-state index is 0.237. The zero-order valence-electron chi connectivity index (χ0n) is 16.5. The molecule has 8 nitrogen and oxygen atoms in total. The molecule has 0 N–H and O–H groups in total. The molecule has 0 aromatic carbocycles. The van der Waals surface area contributed by atoms with Gasteiger partial charge in [-0.05, 0) is 19.1 Å². The highest BCUT2D eigenvalue weighted by Gasteiger charge is 2.25. The van der Waals surface area contributed by atoms with Crippen molar-refractivity contribution in [3.05, 3.63) is 41.9 Å². The van der Waals surface area contributed by atoms with E-state index in [9.17, 15) is 4.79 Å². The number of carbonyl (C=O) groups excluding carboxylic acids is 1. The van der Waals surface area contributed by atoms with Crippen LogP contribution in [0.2, 0.25) is 0 Å². The van der Waals surface area contributed by atoms with Crippen LogP contribution in [0.4, 0.5) is 5.82 Å². The van der Waals surface area contributed by atoms with Crippen molar-refractivity contribution in [1.29, 1.82) is 0 Å². The number of pyridine rings is 1. The van der Waals surface area contributed by atoms with Crippen molar-refractivity contribution >= 4 is 11.7 Å². The van der Waals surface area contributed by atoms with Crippen molar-refractivity contribution in [2.45, 2.75) is 13.5 Å². The second-order valence-electron chi connectivity index (χ2n) is 7.54. The summed E-state index contributed by atoms with van der Waals surface area (Å²) in [5, 5.41) is 4.07. The lowest BCUT2D eigenvalue weighted by atomic mass is 10.2. The first kappa shape index (κ1) is 18.9. The molecule has 0 spiro atoms. The monoisotopic (exact) mass is 384 g/mol. The molecular weight excluding hydrogens is 356 g/mol. The van der Waals surface area contributed by atoms with Crippen molar-refractivity contribution in [1.82, 2.24) is 24.8 Å². The topological polar surface area (TPSA) is 69.0 Å². The van der Waals surface area contributed by atoms with Gasteiger partial charge in [0.2, 0.25) is 5.91 Å². The van der Waals surface area contributed by atoms with Crippen LogP contribution in [0.25, 0.3) is 0 Å². The molecule has 0 radical (unpaired) electrons. The number of anilines is 1. The lowest BCUT2D eigenvalue weighted by Gasteiger charge is -2.38. The minimum atomic E-state index is 0.237. The number of amides is 1. The molecule has 0 aliphatic carbocycles. The van der Waals surface area contributed by atoms with Crippen LogP contribution in [0.1, 0.15) is 11.5 Å². The van der Waals surface area contributed by atoms with E-state index in [0.717, 1.165) is 76.2 Å². The van der Waals surface area contributed by atoms with Gasteiger partial charge < -0.3 is 14.3 Å². The van der Waals surface area contributed by atoms with Crippen LogP contribution in [0.3, 0.4) is 0 Å². The van der Waals surface area contributed by atoms with Gasteiger partial charge in [-0.2, -0.15) is 0 Å². The Morgan fingerprint density at radius 1 is 1.04 bits per heavy atom. The van der Waals surface area contributed by atoms with Crippen molar-refractivity contribution in [3.63, 3.8) is 0 Å². The van der Waals surface area contributed by atoms with Gasteiger partial charge in [0.1, 0.15) is 11.6 Å². The quantitative estimate of drug-likeness (QED) is 0.757. The summed E-state index contributed by atoms with van der Waals surface area (Å²) in [6.45, 7) is 10.2. The van der Waals surface area contributed by atoms with Gasteiger partial charge in [0, 0.05) is 71.2 Å². The largest absolute Gasteiger partial charge is 0.361 e. The lowest BCUT2D eigenvalue weighted by molar-refractivity contribution is -0.133. The van der Waals surface area contributed by atoms with Crippen molar-refractivity contribution in [2.75, 3.05) is 63.8 Å². The first-order chi connectivity index (χ1) is 13.7. The number of carbonyl (C=O) groups is 1. The molecule has 2 aromatic heterocycles. The van der Waals surface area contributed by atoms with E-state index in [1.54, 1.807) is 0 Å². The highest BCUT2D eigenvalue weighted by molar-refractivity contribution is 5.78. The molecule has 1 amide bonds. The Hall–Kier alpha value is -2.45. The molecule has 0 unspecified atom stereocenters. The van der Waals surface area contributed by atoms with Gasteiger partial charge in [0.05, 0.1) is 12.2 Å². The highest BCUT2D eigenvalue weighted by atomic mass is 16.5. The maximum atomic E-state index is 12.7. The third kappa shape index (κ3) is 4.69. The zero-order chi connectivity index (χ0) is 19.3. The zero-order valence-corrected chi connectivity index (χ0v) is 16.5. The molecular formula is C20H28N6O2. The Balaban J connectivity index is 1.19. The van der Waals surface area contributed by atoms with Gasteiger partial charge >= 0.3 is 0 Å². The first-order valence-electron chi connectivity index (χ1n) is 9.98. The second kappa shape index (κ2) is 8.70. The Morgan fingerprint density at radius 2 is 1.79 bits per heavy atom. The van der Waals surface area contributed by atoms with Crippen LogP contribution in [0, 0.1) is 6.92 Å². The fraction of sp³-hybridized carbons (Fsp3) is 0.550. The SMILES string of the molecule is Cc1cc(CN2CCN(CC(=O)N3CCN(c4ccccn4)CC3)CC2)no1. The summed E-state index contributed by atoms with van der Waals surface area (Å²) in [6.07, 6.45) is 1.82. The third-order valence-corrected chi connectivity index (χ3v) is 5.49. The molecule has 2 aromatic rings. The van der Waals surface area contributed by atoms with Crippen LogP contribution in [0.15, 0.2) is 35.0 Å². The van der Waals surface area contributed by atoms with Gasteiger partial charge in [-0.15, -0.1) is 0 Å². The lowest BCUT2D eigenvalue weighted by Crippen LogP contribution is -2.53. The van der Waals surface area contributed by atoms with Crippen LogP contribution >= 0.6 is 0 Å². The van der Waals surface area contributed by atoms with E-state index in [1.165, 1.54) is 0 Å². The number of nitrogens with zero attached hydrogens (tertiary/aromatic N) is 6. The summed E-state index contributed by atoms with van der Waals surface area (Å²) in [7, 11) is 0. The average molecular weight is 384 g/mol. The minimum Gasteiger partial charge on any atom is -0.361 e. The van der Waals surface area contributed by atoms with E-state index < -0.39 is 0 Å². The predicted octanol–water partition coefficient (Wildman–Crippen LogP) is 0.844. The predicted molar refractivity (Wildman–Crippen MR) is 106 cm³/mol. The van der Waals surface area contributed by atoms with Gasteiger partial charge in [0.15, 0.2) is 0 Å². The van der Waals surface area contributed by atoms with E-state index in [-0.39, 0.29) is 5.91 Å². The number of aryl methyl sites for hydroxylation is 1. The molecule has 2 aliphatic heterocycles. The van der Waals surface area contributed by atoms with E-state index >= 15 is 0 Å². The Bertz CT molecular complexity index is 764. The average Bonchev–Trinajstić information content (AvgIpc) is 3.15. The molecule has 2 saturated heterocycles. The summed E-state index contributed by atoms with van der Waals surface area (Å²) in [6, 6.07) is 7.94. The van der Waals surface area contributed by atoms with E-state index in [0.29, 0.717) is 6.54 Å². The molecule has 2 aliphatic rings. The van der Waals surface area contributed by atoms with Crippen LogP contribution in [-0.4, -0.2) is 89.7 Å². The molecule has 0 atom stereocenters. The van der Waals surface area contributed by atoms with E-state index in [1.807, 2.05) is 42.3 Å². The molecule has 2 fully saturated rings. The fourth-order valence-corrected chi connectivity index (χ4v) is 3.84. The van der Waals surface area contributed by atoms with Crippen molar-refractivity contribution in [2.24, 2.45) is 0 Å². The van der Waals surface area contributed by atoms with Gasteiger partial charge in [-0.1, -0.05) is 11.2 Å². The maximum absolute atomic E-state index is 12.7. The normalized spacial score (nSPS) is 19.2. The number of piperazine rings is 2. The molecule has 28 heavy (non-hydrogen) atoms. The smallest absolute Gasteiger partial charge is 0.236 e. The maximum Gasteiger partial charge on any atom is 0.236 e. The number of hydrogen-bond acceptors (Lipinski definition) is 7. The molecule has 4 rings (SSSR count). The van der Waals surface area contributed by atoms with Crippen LogP contribution in [0.5, 0.6) is 0 Å². The first-order valence-corrected chi connectivity index (χ1v) is 9.98. The summed E-state index contributed by atoms with van der Waals surface area (Å²) < 4.78 is 5.14. The van der Waals surface area contributed by atoms with Gasteiger partial charge in [-0.25, -0.2) is 4.98 Å². The second-order valence-corrected chi connectivity index (χ2v) is 7.54. The van der Waals surface area contributed by atoms with Gasteiger partial charge in [0.25, 0.3) is 0 Å². The molecule has 4 heterocycles. The standard InChI is InChI=1S/C20H28N6O2/c1-17-14-18(22-28-17)15-23-6-8-24(9-7-23)16-20(27)26-12-10-25(11-13-26)19-4-2-3-5-21-19/h2-5,14H,6-13,15-16H2,1H3. The fourth-order valence-electron chi connectivity index (χ4n) is 3.84. The summed E-state index contributed by atoms with van der Waals surface area (Å²) in [5.41, 5.74) is 0.979. The number of aromatic nitrogens is 2. The Morgan fingerprint density at radius 3 is 2.43 bits per heavy atom. The molecule has 8 heteroatoms. The number of rotatable bonds is 5. The summed E-state index contributed by atoms with van der Waals surface area (Å²) >= 11 is 0. The summed E-state index contributed by atoms with van der Waals surface area (Å²) in [5.74, 6) is 2.08. The van der Waals surface area contributed by atoms with Crippen molar-refractivity contribution < 1.29 is 9.32 Å². The Kier molecular flexibility index (Phi) is 5.87. The number of hydrogen-bond donors (Lipinski definition) is 0. The highest BCUT2D eigenvalue weighted by Crippen LogP contribution is 2.13. The molecule has 150 valence electrons. The summed E-state index contributed by atoms with van der Waals surface area (Å²) in [4.78, 5) is 26.0. The van der Waals surface area contributed by atoms with Crippen molar-refractivity contribution in [3.8, 4) is 0 Å².